The Morgan fingerprint density at radius 2 is 1.90 bits per heavy atom. The van der Waals surface area contributed by atoms with Crippen LogP contribution in [0.25, 0.3) is 0 Å². The molecule has 5 heteroatoms. The molecule has 1 aromatic carbocycles. The Balaban J connectivity index is 1.85. The number of carbonyl (C=O) groups excluding carboxylic acids is 1. The molecule has 0 aliphatic carbocycles. The van der Waals surface area contributed by atoms with Crippen LogP contribution < -0.4 is 4.74 Å². The van der Waals surface area contributed by atoms with Gasteiger partial charge in [-0.3, -0.25) is 9.78 Å². The maximum absolute atomic E-state index is 12.2. The van der Waals surface area contributed by atoms with Crippen molar-refractivity contribution in [3.8, 4) is 11.5 Å². The molecule has 2 heterocycles. The summed E-state index contributed by atoms with van der Waals surface area (Å²) in [4.78, 5) is 19.0. The highest BCUT2D eigenvalue weighted by Gasteiger charge is 2.14. The minimum absolute atomic E-state index is 0.128. The topological polar surface area (TPSA) is 55.0 Å². The highest BCUT2D eigenvalue weighted by Crippen LogP contribution is 2.27. The summed E-state index contributed by atoms with van der Waals surface area (Å²) in [5.41, 5.74) is 1.01. The predicted molar refractivity (Wildman–Crippen MR) is 80.0 cm³/mol. The highest BCUT2D eigenvalue weighted by atomic mass is 35.5. The Morgan fingerprint density at radius 3 is 2.57 bits per heavy atom. The highest BCUT2D eigenvalue weighted by molar-refractivity contribution is 6.35. The number of ketones is 1. The average molecular weight is 299 g/mol. The molecule has 0 unspecified atom stereocenters. The number of hydrogen-bond donors (Lipinski definition) is 1. The molecule has 104 valence electrons. The zero-order chi connectivity index (χ0) is 14.7. The smallest absolute Gasteiger partial charge is 0.196 e. The standard InChI is InChI=1S/C16H11ClN2O2/c17-15-9-13(21-12-4-7-18-8-5-12)1-2-14(15)16(20)11-3-6-19-10-11/h1-10,19H. The molecular weight excluding hydrogens is 288 g/mol. The van der Waals surface area contributed by atoms with Crippen LogP contribution in [0.1, 0.15) is 15.9 Å². The number of aromatic nitrogens is 2. The molecule has 0 fully saturated rings. The lowest BCUT2D eigenvalue weighted by molar-refractivity contribution is 0.103. The van der Waals surface area contributed by atoms with Gasteiger partial charge in [0.1, 0.15) is 11.5 Å². The van der Waals surface area contributed by atoms with Crippen molar-refractivity contribution in [2.75, 3.05) is 0 Å². The molecule has 0 saturated heterocycles. The predicted octanol–water partition coefficient (Wildman–Crippen LogP) is 4.09. The van der Waals surface area contributed by atoms with Crippen molar-refractivity contribution in [2.24, 2.45) is 0 Å². The maximum atomic E-state index is 12.2. The monoisotopic (exact) mass is 298 g/mol. The summed E-state index contributed by atoms with van der Waals surface area (Å²) in [6.07, 6.45) is 6.61. The van der Waals surface area contributed by atoms with Crippen molar-refractivity contribution in [1.29, 1.82) is 0 Å². The van der Waals surface area contributed by atoms with Gasteiger partial charge < -0.3 is 9.72 Å². The minimum Gasteiger partial charge on any atom is -0.457 e. The third kappa shape index (κ3) is 2.95. The van der Waals surface area contributed by atoms with Crippen molar-refractivity contribution in [3.05, 3.63) is 77.3 Å². The fraction of sp³-hybridized carbons (Fsp3) is 0. The van der Waals surface area contributed by atoms with Crippen LogP contribution in [0.4, 0.5) is 0 Å². The number of carbonyl (C=O) groups is 1. The molecule has 3 aromatic rings. The Kier molecular flexibility index (Phi) is 3.71. The largest absolute Gasteiger partial charge is 0.457 e. The number of ether oxygens (including phenoxy) is 1. The number of aromatic amines is 1. The lowest BCUT2D eigenvalue weighted by atomic mass is 10.1. The molecule has 0 radical (unpaired) electrons. The summed E-state index contributed by atoms with van der Waals surface area (Å²) in [6, 6.07) is 10.2. The van der Waals surface area contributed by atoms with E-state index in [2.05, 4.69) is 9.97 Å². The third-order valence-electron chi connectivity index (χ3n) is 2.93. The summed E-state index contributed by atoms with van der Waals surface area (Å²) in [5, 5.41) is 0.354. The van der Waals surface area contributed by atoms with Crippen molar-refractivity contribution in [1.82, 2.24) is 9.97 Å². The van der Waals surface area contributed by atoms with E-state index in [-0.39, 0.29) is 5.78 Å². The van der Waals surface area contributed by atoms with Crippen molar-refractivity contribution >= 4 is 17.4 Å². The second-order valence-corrected chi connectivity index (χ2v) is 4.76. The van der Waals surface area contributed by atoms with Gasteiger partial charge in [-0.05, 0) is 30.3 Å². The molecule has 0 aliphatic rings. The zero-order valence-corrected chi connectivity index (χ0v) is 11.7. The van der Waals surface area contributed by atoms with Crippen LogP contribution in [0.3, 0.4) is 0 Å². The quantitative estimate of drug-likeness (QED) is 0.738. The van der Waals surface area contributed by atoms with E-state index >= 15 is 0 Å². The number of hydrogen-bond acceptors (Lipinski definition) is 3. The first-order valence-corrected chi connectivity index (χ1v) is 6.67. The van der Waals surface area contributed by atoms with Crippen LogP contribution >= 0.6 is 11.6 Å². The van der Waals surface area contributed by atoms with Gasteiger partial charge in [0.2, 0.25) is 0 Å². The lowest BCUT2D eigenvalue weighted by Gasteiger charge is -2.08. The molecule has 4 nitrogen and oxygen atoms in total. The van der Waals surface area contributed by atoms with Crippen molar-refractivity contribution < 1.29 is 9.53 Å². The van der Waals surface area contributed by atoms with E-state index in [0.29, 0.717) is 27.6 Å². The first-order chi connectivity index (χ1) is 10.2. The zero-order valence-electron chi connectivity index (χ0n) is 10.9. The summed E-state index contributed by atoms with van der Waals surface area (Å²) in [5.74, 6) is 1.10. The van der Waals surface area contributed by atoms with Gasteiger partial charge in [0.05, 0.1) is 5.02 Å². The van der Waals surface area contributed by atoms with E-state index in [0.717, 1.165) is 0 Å². The molecule has 21 heavy (non-hydrogen) atoms. The fourth-order valence-corrected chi connectivity index (χ4v) is 2.16. The molecule has 0 saturated carbocycles. The van der Waals surface area contributed by atoms with Crippen molar-refractivity contribution in [3.63, 3.8) is 0 Å². The molecule has 0 aliphatic heterocycles. The Morgan fingerprint density at radius 1 is 1.10 bits per heavy atom. The van der Waals surface area contributed by atoms with E-state index in [1.54, 1.807) is 61.2 Å². The van der Waals surface area contributed by atoms with Gasteiger partial charge in [-0.2, -0.15) is 0 Å². The number of H-pyrrole nitrogens is 1. The Hall–Kier alpha value is -2.59. The molecule has 1 N–H and O–H groups in total. The first kappa shape index (κ1) is 13.4. The van der Waals surface area contributed by atoms with Crippen molar-refractivity contribution in [2.45, 2.75) is 0 Å². The second-order valence-electron chi connectivity index (χ2n) is 4.36. The van der Waals surface area contributed by atoms with Crippen LogP contribution in [-0.4, -0.2) is 15.8 Å². The number of halogens is 1. The minimum atomic E-state index is -0.128. The SMILES string of the molecule is O=C(c1cc[nH]c1)c1ccc(Oc2ccncc2)cc1Cl. The van der Waals surface area contributed by atoms with Crippen LogP contribution in [-0.2, 0) is 0 Å². The summed E-state index contributed by atoms with van der Waals surface area (Å²) in [7, 11) is 0. The van der Waals surface area contributed by atoms with E-state index in [1.807, 2.05) is 0 Å². The van der Waals surface area contributed by atoms with Gasteiger partial charge in [-0.15, -0.1) is 0 Å². The molecule has 3 rings (SSSR count). The molecule has 0 amide bonds. The summed E-state index contributed by atoms with van der Waals surface area (Å²) >= 11 is 6.18. The average Bonchev–Trinajstić information content (AvgIpc) is 3.02. The number of nitrogens with one attached hydrogen (secondary N) is 1. The van der Waals surface area contributed by atoms with E-state index in [9.17, 15) is 4.79 Å². The number of benzene rings is 1. The van der Waals surface area contributed by atoms with Gasteiger partial charge in [0.25, 0.3) is 0 Å². The van der Waals surface area contributed by atoms with Crippen LogP contribution in [0.15, 0.2) is 61.2 Å². The second kappa shape index (κ2) is 5.81. The normalized spacial score (nSPS) is 10.3. The van der Waals surface area contributed by atoms with Gasteiger partial charge in [0.15, 0.2) is 5.78 Å². The van der Waals surface area contributed by atoms with Gasteiger partial charge in [-0.1, -0.05) is 11.6 Å². The van der Waals surface area contributed by atoms with Crippen LogP contribution in [0, 0.1) is 0 Å². The Labute approximate surface area is 126 Å². The third-order valence-corrected chi connectivity index (χ3v) is 3.24. The molecule has 0 spiro atoms. The van der Waals surface area contributed by atoms with E-state index in [1.165, 1.54) is 0 Å². The maximum Gasteiger partial charge on any atom is 0.196 e. The van der Waals surface area contributed by atoms with Crippen LogP contribution in [0.2, 0.25) is 5.02 Å². The first-order valence-electron chi connectivity index (χ1n) is 6.29. The summed E-state index contributed by atoms with van der Waals surface area (Å²) < 4.78 is 5.64. The molecular formula is C16H11ClN2O2. The summed E-state index contributed by atoms with van der Waals surface area (Å²) in [6.45, 7) is 0. The number of pyridine rings is 1. The van der Waals surface area contributed by atoms with Gasteiger partial charge in [0, 0.05) is 42.0 Å². The fourth-order valence-electron chi connectivity index (χ4n) is 1.91. The molecule has 0 bridgehead atoms. The van der Waals surface area contributed by atoms with Gasteiger partial charge >= 0.3 is 0 Å². The lowest BCUT2D eigenvalue weighted by Crippen LogP contribution is -2.00. The number of rotatable bonds is 4. The molecule has 0 atom stereocenters. The van der Waals surface area contributed by atoms with E-state index in [4.69, 9.17) is 16.3 Å². The number of nitrogens with zero attached hydrogens (tertiary/aromatic N) is 1. The van der Waals surface area contributed by atoms with Crippen LogP contribution in [0.5, 0.6) is 11.5 Å². The van der Waals surface area contributed by atoms with Gasteiger partial charge in [-0.25, -0.2) is 0 Å². The molecule has 2 aromatic heterocycles. The Bertz CT molecular complexity index is 755. The van der Waals surface area contributed by atoms with E-state index < -0.39 is 0 Å².